The summed E-state index contributed by atoms with van der Waals surface area (Å²) < 4.78 is 6.21. The Morgan fingerprint density at radius 1 is 0.979 bits per heavy atom. The SMILES string of the molecule is CC1=C2[C@@H](CC/C(=C/c3ccc(O)cc3Cl)c3ccccc3)OB(O)C[C@@H]2[C@@H]2C(=O)N(C3CCN(Cc4ccccc4)CC3)C(=O)[C@@H]2C1. The van der Waals surface area contributed by atoms with Crippen LogP contribution in [0.5, 0.6) is 5.75 Å². The predicted octanol–water partition coefficient (Wildman–Crippen LogP) is 6.85. The molecule has 0 aromatic heterocycles. The Kier molecular flexibility index (Phi) is 9.61. The van der Waals surface area contributed by atoms with Gasteiger partial charge in [-0.25, -0.2) is 0 Å². The number of amides is 2. The number of nitrogens with zero attached hydrogens (tertiary/aromatic N) is 2. The lowest BCUT2D eigenvalue weighted by Gasteiger charge is -2.42. The van der Waals surface area contributed by atoms with Gasteiger partial charge in [0.25, 0.3) is 0 Å². The second-order valence-electron chi connectivity index (χ2n) is 13.8. The van der Waals surface area contributed by atoms with Crippen LogP contribution in [-0.2, 0) is 20.8 Å². The maximum atomic E-state index is 14.2. The van der Waals surface area contributed by atoms with E-state index < -0.39 is 13.0 Å². The second kappa shape index (κ2) is 14.0. The summed E-state index contributed by atoms with van der Waals surface area (Å²) in [6, 6.07) is 25.3. The molecule has 0 bridgehead atoms. The summed E-state index contributed by atoms with van der Waals surface area (Å²) in [6.45, 7) is 4.63. The van der Waals surface area contributed by atoms with Crippen LogP contribution < -0.4 is 0 Å². The number of phenolic OH excluding ortho intramolecular Hbond substituents is 1. The normalized spacial score (nSPS) is 25.4. The lowest BCUT2D eigenvalue weighted by Crippen LogP contribution is -2.48. The van der Waals surface area contributed by atoms with Crippen LogP contribution in [0.15, 0.2) is 90.0 Å². The maximum Gasteiger partial charge on any atom is 0.455 e. The predicted molar refractivity (Wildman–Crippen MR) is 189 cm³/mol. The van der Waals surface area contributed by atoms with E-state index in [1.165, 1.54) is 11.6 Å². The van der Waals surface area contributed by atoms with E-state index in [1.807, 2.05) is 30.3 Å². The van der Waals surface area contributed by atoms with Crippen molar-refractivity contribution in [3.8, 4) is 5.75 Å². The maximum absolute atomic E-state index is 14.2. The standard InChI is InChI=1S/C39H42BClN2O5/c1-25-20-32-37(39(46)43(38(32)45)30-16-18-42(19-17-30)24-26-8-4-2-5-9-26)33-23-40(47)48-35(36(25)33)15-13-28(27-10-6-3-7-11-27)21-29-12-14-31(44)22-34(29)41/h2-12,14,21-22,30,32-33,35,37,44,47H,13,15-20,23-24H2,1H3/b28-21-/t32-,33+,35-,37-/m1/s1. The van der Waals surface area contributed by atoms with Gasteiger partial charge < -0.3 is 14.8 Å². The van der Waals surface area contributed by atoms with Crippen LogP contribution in [0.4, 0.5) is 0 Å². The third kappa shape index (κ3) is 6.64. The van der Waals surface area contributed by atoms with Gasteiger partial charge in [0.1, 0.15) is 5.75 Å². The Morgan fingerprint density at radius 2 is 1.69 bits per heavy atom. The molecule has 3 heterocycles. The fourth-order valence-electron chi connectivity index (χ4n) is 8.54. The number of fused-ring (bicyclic) bond motifs is 3. The number of halogens is 1. The largest absolute Gasteiger partial charge is 0.508 e. The van der Waals surface area contributed by atoms with Gasteiger partial charge in [-0.05, 0) is 103 Å². The Morgan fingerprint density at radius 3 is 2.40 bits per heavy atom. The monoisotopic (exact) mass is 664 g/mol. The van der Waals surface area contributed by atoms with Gasteiger partial charge in [0, 0.05) is 25.7 Å². The minimum absolute atomic E-state index is 0.0393. The van der Waals surface area contributed by atoms with E-state index in [0.29, 0.717) is 30.6 Å². The minimum atomic E-state index is -1.01. The second-order valence-corrected chi connectivity index (χ2v) is 14.2. The lowest BCUT2D eigenvalue weighted by molar-refractivity contribution is -0.144. The molecule has 48 heavy (non-hydrogen) atoms. The summed E-state index contributed by atoms with van der Waals surface area (Å²) in [6.07, 6.45) is 5.32. The van der Waals surface area contributed by atoms with Gasteiger partial charge in [-0.1, -0.05) is 77.8 Å². The van der Waals surface area contributed by atoms with Crippen molar-refractivity contribution in [3.63, 3.8) is 0 Å². The molecule has 0 radical (unpaired) electrons. The molecule has 7 rings (SSSR count). The van der Waals surface area contributed by atoms with Crippen LogP contribution in [0.25, 0.3) is 11.6 Å². The summed E-state index contributed by atoms with van der Waals surface area (Å²) >= 11 is 6.49. The van der Waals surface area contributed by atoms with Crippen LogP contribution >= 0.6 is 11.6 Å². The Balaban J connectivity index is 1.08. The molecule has 0 spiro atoms. The summed E-state index contributed by atoms with van der Waals surface area (Å²) in [5.74, 6) is -1.06. The third-order valence-corrected chi connectivity index (χ3v) is 11.1. The van der Waals surface area contributed by atoms with Gasteiger partial charge in [-0.3, -0.25) is 19.4 Å². The van der Waals surface area contributed by atoms with Gasteiger partial charge in [0.15, 0.2) is 0 Å². The molecule has 0 unspecified atom stereocenters. The van der Waals surface area contributed by atoms with E-state index >= 15 is 0 Å². The van der Waals surface area contributed by atoms with Crippen molar-refractivity contribution in [1.29, 1.82) is 0 Å². The zero-order valence-corrected chi connectivity index (χ0v) is 28.1. The number of imide groups is 1. The van der Waals surface area contributed by atoms with Crippen LogP contribution in [0.3, 0.4) is 0 Å². The van der Waals surface area contributed by atoms with E-state index in [4.69, 9.17) is 16.3 Å². The average Bonchev–Trinajstić information content (AvgIpc) is 3.33. The van der Waals surface area contributed by atoms with Crippen LogP contribution in [0, 0.1) is 17.8 Å². The Bertz CT molecular complexity index is 1720. The molecular weight excluding hydrogens is 623 g/mol. The van der Waals surface area contributed by atoms with Gasteiger partial charge in [0.05, 0.1) is 23.0 Å². The number of hydrogen-bond donors (Lipinski definition) is 2. The number of carbonyl (C=O) groups is 2. The van der Waals surface area contributed by atoms with Crippen molar-refractivity contribution in [1.82, 2.24) is 9.80 Å². The number of phenols is 1. The molecule has 3 aromatic rings. The Hall–Kier alpha value is -3.69. The van der Waals surface area contributed by atoms with Gasteiger partial charge in [-0.15, -0.1) is 0 Å². The molecule has 248 valence electrons. The first-order valence-corrected chi connectivity index (χ1v) is 17.6. The van der Waals surface area contributed by atoms with Crippen molar-refractivity contribution in [2.45, 2.75) is 64.0 Å². The van der Waals surface area contributed by atoms with Gasteiger partial charge in [0.2, 0.25) is 11.8 Å². The number of aromatic hydroxyl groups is 1. The number of piperidine rings is 1. The molecule has 4 aliphatic rings. The summed E-state index contributed by atoms with van der Waals surface area (Å²) in [5, 5.41) is 21.3. The molecule has 0 saturated carbocycles. The van der Waals surface area contributed by atoms with Crippen molar-refractivity contribution in [2.75, 3.05) is 13.1 Å². The quantitative estimate of drug-likeness (QED) is 0.119. The summed E-state index contributed by atoms with van der Waals surface area (Å²) in [7, 11) is -1.01. The molecule has 3 fully saturated rings. The zero-order valence-electron chi connectivity index (χ0n) is 27.3. The highest BCUT2D eigenvalue weighted by molar-refractivity contribution is 6.43. The van der Waals surface area contributed by atoms with E-state index in [-0.39, 0.29) is 41.5 Å². The average molecular weight is 665 g/mol. The van der Waals surface area contributed by atoms with E-state index in [9.17, 15) is 19.7 Å². The molecule has 3 aromatic carbocycles. The molecular formula is C39H42BClN2O5. The lowest BCUT2D eigenvalue weighted by atomic mass is 9.58. The minimum Gasteiger partial charge on any atom is -0.508 e. The molecule has 3 saturated heterocycles. The van der Waals surface area contributed by atoms with Crippen LogP contribution in [0.2, 0.25) is 11.3 Å². The zero-order chi connectivity index (χ0) is 33.4. The van der Waals surface area contributed by atoms with E-state index in [0.717, 1.165) is 60.3 Å². The molecule has 4 atom stereocenters. The first-order valence-electron chi connectivity index (χ1n) is 17.2. The third-order valence-electron chi connectivity index (χ3n) is 10.8. The first kappa shape index (κ1) is 32.8. The van der Waals surface area contributed by atoms with Gasteiger partial charge in [-0.2, -0.15) is 0 Å². The molecule has 3 aliphatic heterocycles. The van der Waals surface area contributed by atoms with Crippen LogP contribution in [-0.4, -0.2) is 64.1 Å². The number of hydrogen-bond acceptors (Lipinski definition) is 6. The van der Waals surface area contributed by atoms with Gasteiger partial charge >= 0.3 is 7.12 Å². The highest BCUT2D eigenvalue weighted by Crippen LogP contribution is 2.51. The molecule has 2 N–H and O–H groups in total. The number of likely N-dealkylation sites (tertiary alicyclic amines) is 2. The smallest absolute Gasteiger partial charge is 0.455 e. The summed E-state index contributed by atoms with van der Waals surface area (Å²) in [4.78, 5) is 32.2. The van der Waals surface area contributed by atoms with Crippen molar-refractivity contribution < 1.29 is 24.4 Å². The van der Waals surface area contributed by atoms with Crippen molar-refractivity contribution in [2.24, 2.45) is 17.8 Å². The topological polar surface area (TPSA) is 90.3 Å². The van der Waals surface area contributed by atoms with E-state index in [1.54, 1.807) is 17.0 Å². The number of carbonyl (C=O) groups excluding carboxylic acids is 2. The number of allylic oxidation sites excluding steroid dienone is 2. The molecule has 1 aliphatic carbocycles. The van der Waals surface area contributed by atoms with E-state index in [2.05, 4.69) is 48.2 Å². The van der Waals surface area contributed by atoms with Crippen molar-refractivity contribution in [3.05, 3.63) is 112 Å². The van der Waals surface area contributed by atoms with Crippen molar-refractivity contribution >= 4 is 42.2 Å². The molecule has 9 heteroatoms. The highest BCUT2D eigenvalue weighted by Gasteiger charge is 2.58. The molecule has 2 amide bonds. The summed E-state index contributed by atoms with van der Waals surface area (Å²) in [5.41, 5.74) is 6.35. The fraction of sp³-hybridized carbons (Fsp3) is 0.385. The van der Waals surface area contributed by atoms with Crippen LogP contribution in [0.1, 0.15) is 55.7 Å². The number of benzene rings is 3. The fourth-order valence-corrected chi connectivity index (χ4v) is 8.77. The highest BCUT2D eigenvalue weighted by atomic mass is 35.5. The molecule has 7 nitrogen and oxygen atoms in total. The number of rotatable bonds is 8. The Labute approximate surface area is 288 Å². The first-order chi connectivity index (χ1) is 23.3.